The molecule has 16 heteroatoms. The molecule has 63 heavy (non-hydrogen) atoms. The number of carbonyl (C=O) groups is 3. The number of esters is 2. The molecule has 0 aromatic heterocycles. The molecular formula is C47H90O12S2Si2. The van der Waals surface area contributed by atoms with Gasteiger partial charge in [0.1, 0.15) is 6.61 Å². The number of rotatable bonds is 38. The van der Waals surface area contributed by atoms with Gasteiger partial charge in [-0.15, -0.1) is 0 Å². The molecule has 0 bridgehead atoms. The number of hydrogen-bond acceptors (Lipinski definition) is 14. The van der Waals surface area contributed by atoms with E-state index in [0.29, 0.717) is 81.8 Å². The van der Waals surface area contributed by atoms with Crippen LogP contribution in [0.3, 0.4) is 0 Å². The van der Waals surface area contributed by atoms with Gasteiger partial charge in [-0.05, 0) is 57.1 Å². The molecule has 0 aromatic rings. The van der Waals surface area contributed by atoms with Crippen LogP contribution in [0.5, 0.6) is 0 Å². The minimum atomic E-state index is -3.45. The Kier molecular flexibility index (Phi) is 30.7. The predicted molar refractivity (Wildman–Crippen MR) is 260 cm³/mol. The van der Waals surface area contributed by atoms with Crippen molar-refractivity contribution in [2.24, 2.45) is 10.8 Å². The minimum Gasteiger partial charge on any atom is -0.465 e. The first-order valence-electron chi connectivity index (χ1n) is 25.0. The number of carbonyl (C=O) groups excluding carboxylic acids is 3. The molecule has 2 rings (SSSR count). The van der Waals surface area contributed by atoms with E-state index in [2.05, 4.69) is 33.4 Å². The smallest absolute Gasteiger partial charge is 0.465 e. The average Bonchev–Trinajstić information content (AvgIpc) is 3.30. The molecule has 0 spiro atoms. The molecule has 0 radical (unpaired) electrons. The normalized spacial score (nSPS) is 24.8. The van der Waals surface area contributed by atoms with Crippen LogP contribution in [0.25, 0.3) is 0 Å². The van der Waals surface area contributed by atoms with Crippen molar-refractivity contribution < 1.29 is 55.5 Å². The number of hydrogen-bond donors (Lipinski definition) is 2. The van der Waals surface area contributed by atoms with Crippen molar-refractivity contribution in [2.75, 3.05) is 64.4 Å². The molecule has 0 saturated carbocycles. The fourth-order valence-corrected chi connectivity index (χ4v) is 14.7. The van der Waals surface area contributed by atoms with Crippen LogP contribution in [-0.2, 0) is 50.4 Å². The maximum atomic E-state index is 13.2. The molecule has 2 saturated heterocycles. The number of aliphatic hydroxyl groups excluding tert-OH is 1. The SMILES string of the molecule is CCCCCCCC(=O)OCC(CC)(CO[Si]1(CCCS)OCC(CC)(CO)CO1)CO[Si]1(CCCSC(=O)CCCCCCC)OCC(CC)(OC(=O)CCCCCCC)CO1. The summed E-state index contributed by atoms with van der Waals surface area (Å²) in [5, 5.41) is 10.4. The molecule has 1 atom stereocenters. The molecule has 1 unspecified atom stereocenters. The van der Waals surface area contributed by atoms with Crippen molar-refractivity contribution in [1.82, 2.24) is 0 Å². The van der Waals surface area contributed by atoms with E-state index in [1.165, 1.54) is 24.6 Å². The summed E-state index contributed by atoms with van der Waals surface area (Å²) in [5.41, 5.74) is -2.22. The van der Waals surface area contributed by atoms with Crippen molar-refractivity contribution in [3.63, 3.8) is 0 Å². The summed E-state index contributed by atoms with van der Waals surface area (Å²) in [6.07, 6.45) is 20.3. The van der Waals surface area contributed by atoms with Gasteiger partial charge in [0, 0.05) is 74.4 Å². The fourth-order valence-electron chi connectivity index (χ4n) is 7.53. The van der Waals surface area contributed by atoms with Crippen molar-refractivity contribution in [3.05, 3.63) is 0 Å². The van der Waals surface area contributed by atoms with Gasteiger partial charge in [-0.1, -0.05) is 130 Å². The van der Waals surface area contributed by atoms with Crippen molar-refractivity contribution in [3.8, 4) is 0 Å². The van der Waals surface area contributed by atoms with Crippen molar-refractivity contribution in [2.45, 2.75) is 207 Å². The highest BCUT2D eigenvalue weighted by Crippen LogP contribution is 2.38. The van der Waals surface area contributed by atoms with E-state index in [1.54, 1.807) is 0 Å². The molecule has 2 heterocycles. The van der Waals surface area contributed by atoms with Gasteiger partial charge in [0.15, 0.2) is 10.7 Å². The highest BCUT2D eigenvalue weighted by Gasteiger charge is 2.54. The van der Waals surface area contributed by atoms with E-state index in [-0.39, 0.29) is 56.7 Å². The molecule has 12 nitrogen and oxygen atoms in total. The third-order valence-electron chi connectivity index (χ3n) is 12.8. The Morgan fingerprint density at radius 2 is 1.11 bits per heavy atom. The van der Waals surface area contributed by atoms with Crippen molar-refractivity contribution >= 4 is 59.1 Å². The van der Waals surface area contributed by atoms with Crippen LogP contribution in [-0.4, -0.2) is 110 Å². The second kappa shape index (κ2) is 33.0. The first-order valence-corrected chi connectivity index (χ1v) is 30.5. The summed E-state index contributed by atoms with van der Waals surface area (Å²) in [5.74, 6) is 0.758. The van der Waals surface area contributed by atoms with E-state index in [9.17, 15) is 19.5 Å². The Morgan fingerprint density at radius 3 is 1.59 bits per heavy atom. The van der Waals surface area contributed by atoms with Crippen LogP contribution >= 0.6 is 24.4 Å². The number of thioether (sulfide) groups is 1. The second-order valence-electron chi connectivity index (χ2n) is 18.3. The zero-order chi connectivity index (χ0) is 46.3. The maximum Gasteiger partial charge on any atom is 0.501 e. The van der Waals surface area contributed by atoms with Gasteiger partial charge in [0.05, 0.1) is 19.8 Å². The summed E-state index contributed by atoms with van der Waals surface area (Å²) < 4.78 is 52.3. The molecular weight excluding hydrogens is 877 g/mol. The molecule has 2 aliphatic heterocycles. The van der Waals surface area contributed by atoms with Crippen LogP contribution in [0.2, 0.25) is 12.1 Å². The average molecular weight is 968 g/mol. The highest BCUT2D eigenvalue weighted by molar-refractivity contribution is 8.13. The zero-order valence-electron chi connectivity index (χ0n) is 40.5. The summed E-state index contributed by atoms with van der Waals surface area (Å²) in [7, 11) is -6.67. The highest BCUT2D eigenvalue weighted by atomic mass is 32.2. The van der Waals surface area contributed by atoms with Crippen LogP contribution < -0.4 is 0 Å². The number of aliphatic hydroxyl groups is 1. The minimum absolute atomic E-state index is 0.0440. The molecule has 2 fully saturated rings. The lowest BCUT2D eigenvalue weighted by Gasteiger charge is -2.46. The number of thiol groups is 1. The Hall–Kier alpha value is -0.536. The standard InChI is InChI=1S/C47H90O12S2Si2/c1-7-13-16-19-22-27-42(49)52-35-46(11-5,38-55-62(32-25-30-60)53-36-45(10-4,34-48)37-54-62)39-56-63(33-26-31-61-44(51)29-24-21-18-15-9-3)57-40-47(12-6,41-58-63)59-43(50)28-23-20-17-14-8-2/h48,60H,7-41H2,1-6H3. The number of unbranched alkanes of at least 4 members (excludes halogenated alkanes) is 12. The first kappa shape index (κ1) is 58.6. The predicted octanol–water partition coefficient (Wildman–Crippen LogP) is 11.1. The summed E-state index contributed by atoms with van der Waals surface area (Å²) in [6, 6.07) is 1.04. The molecule has 370 valence electrons. The molecule has 1 N–H and O–H groups in total. The van der Waals surface area contributed by atoms with E-state index in [0.717, 1.165) is 89.9 Å². The van der Waals surface area contributed by atoms with E-state index >= 15 is 0 Å². The van der Waals surface area contributed by atoms with Gasteiger partial charge in [-0.3, -0.25) is 14.4 Å². The van der Waals surface area contributed by atoms with E-state index in [4.69, 9.17) is 36.0 Å². The van der Waals surface area contributed by atoms with Crippen molar-refractivity contribution in [1.29, 1.82) is 0 Å². The lowest BCUT2D eigenvalue weighted by atomic mass is 9.88. The Morgan fingerprint density at radius 1 is 0.619 bits per heavy atom. The van der Waals surface area contributed by atoms with Crippen LogP contribution in [0.4, 0.5) is 0 Å². The first-order chi connectivity index (χ1) is 30.4. The summed E-state index contributed by atoms with van der Waals surface area (Å²) >= 11 is 5.84. The molecule has 0 aromatic carbocycles. The summed E-state index contributed by atoms with van der Waals surface area (Å²) in [4.78, 5) is 39.1. The molecule has 2 aliphatic rings. The molecule has 0 amide bonds. The van der Waals surface area contributed by atoms with E-state index < -0.39 is 34.0 Å². The second-order valence-corrected chi connectivity index (χ2v) is 25.3. The fraction of sp³-hybridized carbons (Fsp3) is 0.936. The third-order valence-corrected chi connectivity index (χ3v) is 19.6. The quantitative estimate of drug-likeness (QED) is 0.0262. The van der Waals surface area contributed by atoms with Crippen LogP contribution in [0.15, 0.2) is 0 Å². The van der Waals surface area contributed by atoms with Gasteiger partial charge >= 0.3 is 29.5 Å². The lowest BCUT2D eigenvalue weighted by molar-refractivity contribution is -0.183. The third kappa shape index (κ3) is 22.4. The van der Waals surface area contributed by atoms with Gasteiger partial charge in [-0.25, -0.2) is 0 Å². The summed E-state index contributed by atoms with van der Waals surface area (Å²) in [6.45, 7) is 13.8. The van der Waals surface area contributed by atoms with Crippen LogP contribution in [0.1, 0.15) is 189 Å². The zero-order valence-corrected chi connectivity index (χ0v) is 44.3. The maximum absolute atomic E-state index is 13.2. The monoisotopic (exact) mass is 967 g/mol. The van der Waals surface area contributed by atoms with Gasteiger partial charge in [0.25, 0.3) is 0 Å². The van der Waals surface area contributed by atoms with Gasteiger partial charge in [0.2, 0.25) is 0 Å². The van der Waals surface area contributed by atoms with E-state index in [1.807, 2.05) is 20.8 Å². The lowest BCUT2D eigenvalue weighted by Crippen LogP contribution is -2.61. The van der Waals surface area contributed by atoms with Gasteiger partial charge < -0.3 is 41.1 Å². The Balaban J connectivity index is 2.32. The largest absolute Gasteiger partial charge is 0.501 e. The Labute approximate surface area is 394 Å². The molecule has 0 aliphatic carbocycles. The Bertz CT molecular complexity index is 1230. The number of ether oxygens (including phenoxy) is 2. The van der Waals surface area contributed by atoms with Gasteiger partial charge in [-0.2, -0.15) is 12.6 Å². The van der Waals surface area contributed by atoms with Crippen LogP contribution in [0, 0.1) is 10.8 Å². The topological polar surface area (TPSA) is 145 Å².